The Bertz CT molecular complexity index is 734. The van der Waals surface area contributed by atoms with Crippen molar-refractivity contribution in [2.45, 2.75) is 37.5 Å². The third kappa shape index (κ3) is 3.32. The van der Waals surface area contributed by atoms with Gasteiger partial charge < -0.3 is 14.2 Å². The second kappa shape index (κ2) is 7.72. The van der Waals surface area contributed by atoms with Crippen LogP contribution in [0.25, 0.3) is 0 Å². The van der Waals surface area contributed by atoms with Crippen LogP contribution in [0, 0.1) is 11.8 Å². The van der Waals surface area contributed by atoms with Crippen LogP contribution in [0.1, 0.15) is 30.1 Å². The number of ether oxygens (including phenoxy) is 3. The zero-order chi connectivity index (χ0) is 19.0. The molecule has 0 bridgehead atoms. The minimum Gasteiger partial charge on any atom is -0.356 e. The van der Waals surface area contributed by atoms with E-state index in [1.165, 1.54) is 11.1 Å². The molecule has 6 atom stereocenters. The van der Waals surface area contributed by atoms with Crippen molar-refractivity contribution in [1.82, 2.24) is 4.90 Å². The van der Waals surface area contributed by atoms with E-state index in [9.17, 15) is 0 Å². The van der Waals surface area contributed by atoms with E-state index in [2.05, 4.69) is 79.5 Å². The fraction of sp³-hybridized carbons (Fsp3) is 0.478. The largest absolute Gasteiger partial charge is 0.356 e. The van der Waals surface area contributed by atoms with Crippen LogP contribution in [0.3, 0.4) is 0 Å². The van der Waals surface area contributed by atoms with E-state index in [1.807, 2.05) is 0 Å². The predicted molar refractivity (Wildman–Crippen MR) is 105 cm³/mol. The lowest BCUT2D eigenvalue weighted by atomic mass is 10.0. The molecule has 0 radical (unpaired) electrons. The lowest BCUT2D eigenvalue weighted by molar-refractivity contribution is -0.126. The molecule has 4 rings (SSSR count). The number of nitrogens with zero attached hydrogens (tertiary/aromatic N) is 1. The Kier molecular flexibility index (Phi) is 5.33. The maximum absolute atomic E-state index is 6.63. The minimum absolute atomic E-state index is 0.0493. The molecule has 0 amide bonds. The van der Waals surface area contributed by atoms with Crippen molar-refractivity contribution in [1.29, 1.82) is 0 Å². The van der Waals surface area contributed by atoms with Crippen LogP contribution in [0.5, 0.6) is 0 Å². The average Bonchev–Trinajstić information content (AvgIpc) is 3.37. The highest BCUT2D eigenvalue weighted by molar-refractivity contribution is 5.30. The molecule has 0 aromatic heterocycles. The SMILES string of the molecule is COC(OC)[C@H]1[C@@H](c2ccccc2)[C@@H]1C1O[C@H](c2ccccc2)[C@H](C)N1C. The molecule has 2 aromatic rings. The molecule has 2 aromatic carbocycles. The third-order valence-corrected chi connectivity index (χ3v) is 6.32. The highest BCUT2D eigenvalue weighted by atomic mass is 16.7. The number of rotatable bonds is 6. The third-order valence-electron chi connectivity index (χ3n) is 6.32. The van der Waals surface area contributed by atoms with Crippen molar-refractivity contribution >= 4 is 0 Å². The fourth-order valence-electron chi connectivity index (χ4n) is 4.77. The molecule has 1 aliphatic heterocycles. The van der Waals surface area contributed by atoms with Crippen molar-refractivity contribution in [2.24, 2.45) is 11.8 Å². The van der Waals surface area contributed by atoms with E-state index in [0.29, 0.717) is 17.9 Å². The molecule has 1 saturated heterocycles. The summed E-state index contributed by atoms with van der Waals surface area (Å²) in [5.41, 5.74) is 2.57. The molecule has 1 unspecified atom stereocenters. The summed E-state index contributed by atoms with van der Waals surface area (Å²) in [5, 5.41) is 0. The lowest BCUT2D eigenvalue weighted by Gasteiger charge is -2.22. The van der Waals surface area contributed by atoms with Crippen molar-refractivity contribution in [2.75, 3.05) is 21.3 Å². The molecule has 2 aliphatic rings. The van der Waals surface area contributed by atoms with E-state index in [0.717, 1.165) is 0 Å². The van der Waals surface area contributed by atoms with Crippen molar-refractivity contribution in [3.63, 3.8) is 0 Å². The Hall–Kier alpha value is -1.72. The van der Waals surface area contributed by atoms with Gasteiger partial charge in [0.2, 0.25) is 0 Å². The molecule has 1 aliphatic carbocycles. The predicted octanol–water partition coefficient (Wildman–Crippen LogP) is 4.05. The van der Waals surface area contributed by atoms with E-state index in [1.54, 1.807) is 14.2 Å². The van der Waals surface area contributed by atoms with Crippen molar-refractivity contribution in [3.8, 4) is 0 Å². The molecule has 0 spiro atoms. The van der Waals surface area contributed by atoms with Gasteiger partial charge in [-0.15, -0.1) is 0 Å². The van der Waals surface area contributed by atoms with Crippen LogP contribution in [-0.2, 0) is 14.2 Å². The molecular weight excluding hydrogens is 338 g/mol. The molecule has 27 heavy (non-hydrogen) atoms. The molecule has 1 saturated carbocycles. The van der Waals surface area contributed by atoms with E-state index in [4.69, 9.17) is 14.2 Å². The molecule has 0 N–H and O–H groups in total. The highest BCUT2D eigenvalue weighted by Crippen LogP contribution is 2.61. The Balaban J connectivity index is 1.60. The molecule has 4 heteroatoms. The van der Waals surface area contributed by atoms with Gasteiger partial charge in [-0.25, -0.2) is 0 Å². The van der Waals surface area contributed by atoms with Crippen LogP contribution in [0.4, 0.5) is 0 Å². The zero-order valence-corrected chi connectivity index (χ0v) is 16.5. The quantitative estimate of drug-likeness (QED) is 0.721. The van der Waals surface area contributed by atoms with Crippen LogP contribution in [-0.4, -0.2) is 44.7 Å². The smallest absolute Gasteiger partial charge is 0.160 e. The number of benzene rings is 2. The summed E-state index contributed by atoms with van der Waals surface area (Å²) in [6.45, 7) is 2.25. The number of methoxy groups -OCH3 is 2. The van der Waals surface area contributed by atoms with Crippen molar-refractivity contribution < 1.29 is 14.2 Å². The highest BCUT2D eigenvalue weighted by Gasteiger charge is 2.62. The van der Waals surface area contributed by atoms with Crippen LogP contribution in [0.15, 0.2) is 60.7 Å². The maximum atomic E-state index is 6.63. The Morgan fingerprint density at radius 2 is 1.44 bits per heavy atom. The van der Waals surface area contributed by atoms with E-state index >= 15 is 0 Å². The first-order chi connectivity index (χ1) is 13.2. The van der Waals surface area contributed by atoms with Gasteiger partial charge in [0.05, 0.1) is 6.10 Å². The maximum Gasteiger partial charge on any atom is 0.160 e. The summed E-state index contributed by atoms with van der Waals surface area (Å²) in [6, 6.07) is 21.5. The molecule has 2 fully saturated rings. The average molecular weight is 367 g/mol. The van der Waals surface area contributed by atoms with E-state index in [-0.39, 0.29) is 24.5 Å². The molecule has 144 valence electrons. The van der Waals surface area contributed by atoms with Crippen LogP contribution >= 0.6 is 0 Å². The van der Waals surface area contributed by atoms with Gasteiger partial charge >= 0.3 is 0 Å². The van der Waals surface area contributed by atoms with Gasteiger partial charge in [-0.05, 0) is 31.0 Å². The molecular formula is C23H29NO3. The number of hydrogen-bond acceptors (Lipinski definition) is 4. The van der Waals surface area contributed by atoms with Crippen molar-refractivity contribution in [3.05, 3.63) is 71.8 Å². The summed E-state index contributed by atoms with van der Waals surface area (Å²) in [4.78, 5) is 2.38. The van der Waals surface area contributed by atoms with Crippen LogP contribution < -0.4 is 0 Å². The standard InChI is InChI=1S/C23H29NO3/c1-15-21(17-13-9-6-10-14-17)27-22(24(15)2)19-18(16-11-7-5-8-12-16)20(19)23(25-3)26-4/h5-15,18-23H,1-4H3/t15-,18-,19-,20-,21-,22?/m0/s1. The summed E-state index contributed by atoms with van der Waals surface area (Å²) < 4.78 is 17.9. The Labute approximate surface area is 162 Å². The van der Waals surface area contributed by atoms with Gasteiger partial charge in [0.25, 0.3) is 0 Å². The normalized spacial score (nSPS) is 33.5. The van der Waals surface area contributed by atoms with Gasteiger partial charge in [0.15, 0.2) is 6.29 Å². The second-order valence-electron chi connectivity index (χ2n) is 7.69. The summed E-state index contributed by atoms with van der Waals surface area (Å²) in [5.74, 6) is 1.01. The Morgan fingerprint density at radius 1 is 0.889 bits per heavy atom. The fourth-order valence-corrected chi connectivity index (χ4v) is 4.77. The number of hydrogen-bond donors (Lipinski definition) is 0. The minimum atomic E-state index is -0.219. The summed E-state index contributed by atoms with van der Waals surface area (Å²) in [7, 11) is 5.62. The first-order valence-electron chi connectivity index (χ1n) is 9.70. The Morgan fingerprint density at radius 3 is 2.00 bits per heavy atom. The molecule has 1 heterocycles. The topological polar surface area (TPSA) is 30.9 Å². The van der Waals surface area contributed by atoms with Gasteiger partial charge in [-0.2, -0.15) is 0 Å². The molecule has 4 nitrogen and oxygen atoms in total. The van der Waals surface area contributed by atoms with Gasteiger partial charge in [0, 0.05) is 32.1 Å². The zero-order valence-electron chi connectivity index (χ0n) is 16.5. The second-order valence-corrected chi connectivity index (χ2v) is 7.69. The summed E-state index contributed by atoms with van der Waals surface area (Å²) in [6.07, 6.45) is -0.0843. The first-order valence-corrected chi connectivity index (χ1v) is 9.70. The number of likely N-dealkylation sites (N-methyl/N-ethyl adjacent to an activating group) is 1. The van der Waals surface area contributed by atoms with Gasteiger partial charge in [-0.1, -0.05) is 60.7 Å². The van der Waals surface area contributed by atoms with Crippen LogP contribution in [0.2, 0.25) is 0 Å². The summed E-state index contributed by atoms with van der Waals surface area (Å²) >= 11 is 0. The van der Waals surface area contributed by atoms with E-state index < -0.39 is 0 Å². The first kappa shape index (κ1) is 18.6. The lowest BCUT2D eigenvalue weighted by Crippen LogP contribution is -2.34. The monoisotopic (exact) mass is 367 g/mol. The van der Waals surface area contributed by atoms with Gasteiger partial charge in [-0.3, -0.25) is 4.90 Å². The van der Waals surface area contributed by atoms with Gasteiger partial charge in [0.1, 0.15) is 6.23 Å².